The van der Waals surface area contributed by atoms with Gasteiger partial charge < -0.3 is 14.8 Å². The Balaban J connectivity index is 1.52. The van der Waals surface area contributed by atoms with E-state index in [0.717, 1.165) is 11.3 Å². The summed E-state index contributed by atoms with van der Waals surface area (Å²) in [4.78, 5) is 16.0. The number of hydrazone groups is 1. The van der Waals surface area contributed by atoms with Crippen molar-refractivity contribution in [1.29, 1.82) is 0 Å². The number of ether oxygens (including phenoxy) is 2. The molecule has 0 saturated heterocycles. The molecule has 1 aromatic heterocycles. The zero-order chi connectivity index (χ0) is 18.6. The Labute approximate surface area is 159 Å². The lowest BCUT2D eigenvalue weighted by Crippen LogP contribution is -2.08. The highest BCUT2D eigenvalue weighted by molar-refractivity contribution is 7.14. The second kappa shape index (κ2) is 7.46. The van der Waals surface area contributed by atoms with Crippen LogP contribution in [0.15, 0.2) is 52.9 Å². The summed E-state index contributed by atoms with van der Waals surface area (Å²) in [5.41, 5.74) is 6.16. The first-order chi connectivity index (χ1) is 13.2. The highest BCUT2D eigenvalue weighted by Crippen LogP contribution is 2.36. The van der Waals surface area contributed by atoms with Crippen molar-refractivity contribution in [3.63, 3.8) is 0 Å². The molecule has 2 heterocycles. The molecule has 0 atom stereocenters. The quantitative estimate of drug-likeness (QED) is 0.517. The van der Waals surface area contributed by atoms with Crippen molar-refractivity contribution in [1.82, 2.24) is 4.98 Å². The van der Waals surface area contributed by atoms with E-state index < -0.39 is 0 Å². The molecule has 0 radical (unpaired) electrons. The lowest BCUT2D eigenvalue weighted by atomic mass is 10.1. The third kappa shape index (κ3) is 3.90. The van der Waals surface area contributed by atoms with Gasteiger partial charge in [-0.3, -0.25) is 10.2 Å². The second-order valence-electron chi connectivity index (χ2n) is 5.75. The van der Waals surface area contributed by atoms with E-state index in [4.69, 9.17) is 9.47 Å². The van der Waals surface area contributed by atoms with Gasteiger partial charge in [0.25, 0.3) is 0 Å². The van der Waals surface area contributed by atoms with Crippen LogP contribution in [0.4, 0.5) is 10.8 Å². The van der Waals surface area contributed by atoms with Crippen molar-refractivity contribution < 1.29 is 14.3 Å². The maximum absolute atomic E-state index is 11.4. The minimum absolute atomic E-state index is 0.162. The van der Waals surface area contributed by atoms with Crippen molar-refractivity contribution in [2.45, 2.75) is 6.92 Å². The zero-order valence-corrected chi connectivity index (χ0v) is 15.2. The molecule has 1 aliphatic heterocycles. The van der Waals surface area contributed by atoms with Crippen LogP contribution in [0, 0.1) is 0 Å². The Morgan fingerprint density at radius 3 is 2.78 bits per heavy atom. The molecule has 0 bridgehead atoms. The summed E-state index contributed by atoms with van der Waals surface area (Å²) in [6, 6.07) is 13.4. The monoisotopic (exact) mass is 380 g/mol. The number of nitrogens with one attached hydrogen (secondary N) is 2. The maximum Gasteiger partial charge on any atom is 0.231 e. The van der Waals surface area contributed by atoms with Crippen LogP contribution in [0.1, 0.15) is 12.5 Å². The van der Waals surface area contributed by atoms with Crippen LogP contribution in [0.3, 0.4) is 0 Å². The van der Waals surface area contributed by atoms with E-state index in [1.54, 1.807) is 18.3 Å². The summed E-state index contributed by atoms with van der Waals surface area (Å²) >= 11 is 1.46. The fraction of sp³-hybridized carbons (Fsp3) is 0.105. The van der Waals surface area contributed by atoms with Gasteiger partial charge in [-0.25, -0.2) is 4.98 Å². The van der Waals surface area contributed by atoms with Crippen LogP contribution in [-0.2, 0) is 4.79 Å². The Bertz CT molecular complexity index is 1000. The lowest BCUT2D eigenvalue weighted by Gasteiger charge is -2.08. The van der Waals surface area contributed by atoms with Gasteiger partial charge in [0.2, 0.25) is 17.8 Å². The third-order valence-electron chi connectivity index (χ3n) is 3.79. The van der Waals surface area contributed by atoms with E-state index in [9.17, 15) is 4.79 Å². The number of hydrogen-bond acceptors (Lipinski definition) is 7. The number of thiazole rings is 1. The highest BCUT2D eigenvalue weighted by Gasteiger charge is 2.17. The van der Waals surface area contributed by atoms with Gasteiger partial charge in [0.05, 0.1) is 17.6 Å². The number of fused-ring (bicyclic) bond motifs is 1. The Kier molecular flexibility index (Phi) is 4.71. The van der Waals surface area contributed by atoms with E-state index in [0.29, 0.717) is 27.9 Å². The van der Waals surface area contributed by atoms with Crippen LogP contribution in [0.2, 0.25) is 0 Å². The molecule has 8 heteroatoms. The molecule has 7 nitrogen and oxygen atoms in total. The Morgan fingerprint density at radius 1 is 1.22 bits per heavy atom. The first-order valence-electron chi connectivity index (χ1n) is 8.20. The Morgan fingerprint density at radius 2 is 2.00 bits per heavy atom. The standard InChI is InChI=1S/C19H16N4O3S/c1-12(24)21-15-8-18-17(25-11-26-18)7-14(15)9-20-23-19-22-16(10-27-19)13-5-3-2-4-6-13/h2-10H,11H2,1H3,(H,21,24)(H,22,23). The summed E-state index contributed by atoms with van der Waals surface area (Å²) in [7, 11) is 0. The molecule has 1 aliphatic rings. The van der Waals surface area contributed by atoms with Crippen LogP contribution in [0.5, 0.6) is 11.5 Å². The first kappa shape index (κ1) is 17.0. The summed E-state index contributed by atoms with van der Waals surface area (Å²) in [6.07, 6.45) is 1.61. The largest absolute Gasteiger partial charge is 0.454 e. The number of aromatic nitrogens is 1. The molecule has 2 N–H and O–H groups in total. The summed E-state index contributed by atoms with van der Waals surface area (Å²) in [6.45, 7) is 1.61. The molecule has 0 unspecified atom stereocenters. The minimum atomic E-state index is -0.177. The molecule has 0 aliphatic carbocycles. The number of anilines is 2. The van der Waals surface area contributed by atoms with Crippen LogP contribution in [-0.4, -0.2) is 23.9 Å². The number of benzene rings is 2. The van der Waals surface area contributed by atoms with E-state index in [1.165, 1.54) is 18.3 Å². The molecule has 3 aromatic rings. The van der Waals surface area contributed by atoms with Gasteiger partial charge in [-0.1, -0.05) is 30.3 Å². The van der Waals surface area contributed by atoms with Gasteiger partial charge in [0.15, 0.2) is 11.5 Å². The molecule has 2 aromatic carbocycles. The van der Waals surface area contributed by atoms with Crippen LogP contribution in [0.25, 0.3) is 11.3 Å². The number of amides is 1. The summed E-state index contributed by atoms with van der Waals surface area (Å²) < 4.78 is 10.7. The van der Waals surface area contributed by atoms with Crippen molar-refractivity contribution in [2.75, 3.05) is 17.5 Å². The molecular formula is C19H16N4O3S. The van der Waals surface area contributed by atoms with Gasteiger partial charge >= 0.3 is 0 Å². The summed E-state index contributed by atoms with van der Waals surface area (Å²) in [5, 5.41) is 9.65. The average Bonchev–Trinajstić information content (AvgIpc) is 3.31. The van der Waals surface area contributed by atoms with Crippen molar-refractivity contribution >= 4 is 34.3 Å². The molecule has 0 saturated carbocycles. The predicted octanol–water partition coefficient (Wildman–Crippen LogP) is 3.94. The first-order valence-corrected chi connectivity index (χ1v) is 9.08. The van der Waals surface area contributed by atoms with Gasteiger partial charge in [-0.05, 0) is 6.07 Å². The van der Waals surface area contributed by atoms with Gasteiger partial charge in [-0.15, -0.1) is 11.3 Å². The smallest absolute Gasteiger partial charge is 0.231 e. The van der Waals surface area contributed by atoms with Crippen LogP contribution >= 0.6 is 11.3 Å². The van der Waals surface area contributed by atoms with Gasteiger partial charge in [-0.2, -0.15) is 5.10 Å². The third-order valence-corrected chi connectivity index (χ3v) is 4.54. The van der Waals surface area contributed by atoms with E-state index in [2.05, 4.69) is 20.8 Å². The lowest BCUT2D eigenvalue weighted by molar-refractivity contribution is -0.114. The molecule has 1 amide bonds. The van der Waals surface area contributed by atoms with E-state index in [1.807, 2.05) is 35.7 Å². The van der Waals surface area contributed by atoms with Crippen molar-refractivity contribution in [3.05, 3.63) is 53.4 Å². The number of hydrogen-bond donors (Lipinski definition) is 2. The average molecular weight is 380 g/mol. The Hall–Kier alpha value is -3.39. The SMILES string of the molecule is CC(=O)Nc1cc2c(cc1C=NNc1nc(-c3ccccc3)cs1)OCO2. The van der Waals surface area contributed by atoms with Crippen molar-refractivity contribution in [3.8, 4) is 22.8 Å². The van der Waals surface area contributed by atoms with E-state index in [-0.39, 0.29) is 12.7 Å². The molecule has 136 valence electrons. The fourth-order valence-corrected chi connectivity index (χ4v) is 3.25. The fourth-order valence-electron chi connectivity index (χ4n) is 2.59. The highest BCUT2D eigenvalue weighted by atomic mass is 32.1. The van der Waals surface area contributed by atoms with E-state index >= 15 is 0 Å². The predicted molar refractivity (Wildman–Crippen MR) is 106 cm³/mol. The topological polar surface area (TPSA) is 84.8 Å². The van der Waals surface area contributed by atoms with Gasteiger partial charge in [0, 0.05) is 29.5 Å². The zero-order valence-electron chi connectivity index (χ0n) is 14.4. The molecular weight excluding hydrogens is 364 g/mol. The normalized spacial score (nSPS) is 12.3. The van der Waals surface area contributed by atoms with Gasteiger partial charge in [0.1, 0.15) is 0 Å². The number of nitrogens with zero attached hydrogens (tertiary/aromatic N) is 2. The molecule has 0 fully saturated rings. The molecule has 27 heavy (non-hydrogen) atoms. The number of carbonyl (C=O) groups is 1. The molecule has 0 spiro atoms. The number of carbonyl (C=O) groups excluding carboxylic acids is 1. The summed E-state index contributed by atoms with van der Waals surface area (Å²) in [5.74, 6) is 1.03. The number of rotatable bonds is 5. The maximum atomic E-state index is 11.4. The second-order valence-corrected chi connectivity index (χ2v) is 6.61. The van der Waals surface area contributed by atoms with Crippen LogP contribution < -0.4 is 20.2 Å². The minimum Gasteiger partial charge on any atom is -0.454 e. The molecule has 4 rings (SSSR count). The van der Waals surface area contributed by atoms with Crippen molar-refractivity contribution in [2.24, 2.45) is 5.10 Å².